The molecule has 5 heteroatoms. The quantitative estimate of drug-likeness (QED) is 0.300. The van der Waals surface area contributed by atoms with Gasteiger partial charge in [-0.3, -0.25) is 4.79 Å². The number of aromatic nitrogens is 1. The van der Waals surface area contributed by atoms with Gasteiger partial charge in [0.2, 0.25) is 5.78 Å². The highest BCUT2D eigenvalue weighted by Crippen LogP contribution is 2.33. The van der Waals surface area contributed by atoms with E-state index in [0.29, 0.717) is 35.8 Å². The Labute approximate surface area is 160 Å². The molecule has 1 aromatic carbocycles. The third-order valence-electron chi connectivity index (χ3n) is 4.31. The highest BCUT2D eigenvalue weighted by Gasteiger charge is 2.20. The molecule has 1 heterocycles. The van der Waals surface area contributed by atoms with E-state index in [1.165, 1.54) is 7.11 Å². The number of aryl methyl sites for hydroxylation is 1. The van der Waals surface area contributed by atoms with Crippen LogP contribution in [0.2, 0.25) is 0 Å². The molecule has 140 valence electrons. The molecule has 1 aromatic heterocycles. The maximum Gasteiger partial charge on any atom is 0.205 e. The van der Waals surface area contributed by atoms with Crippen molar-refractivity contribution in [3.05, 3.63) is 65.0 Å². The predicted molar refractivity (Wildman–Crippen MR) is 106 cm³/mol. The summed E-state index contributed by atoms with van der Waals surface area (Å²) in [6.45, 7) is 10.5. The van der Waals surface area contributed by atoms with Crippen molar-refractivity contribution in [2.24, 2.45) is 0 Å². The van der Waals surface area contributed by atoms with Crippen LogP contribution in [-0.4, -0.2) is 24.1 Å². The molecule has 0 aliphatic rings. The van der Waals surface area contributed by atoms with E-state index in [1.807, 2.05) is 31.4 Å². The number of hydrogen-bond donors (Lipinski definition) is 0. The Hall–Kier alpha value is -3.26. The monoisotopic (exact) mass is 364 g/mol. The van der Waals surface area contributed by atoms with Crippen LogP contribution in [-0.2, 0) is 6.54 Å². The lowest BCUT2D eigenvalue weighted by molar-refractivity contribution is 0.103. The van der Waals surface area contributed by atoms with Crippen molar-refractivity contribution in [1.82, 2.24) is 4.57 Å². The van der Waals surface area contributed by atoms with Crippen LogP contribution in [0.1, 0.15) is 34.2 Å². The van der Waals surface area contributed by atoms with Crippen molar-refractivity contribution in [2.75, 3.05) is 13.7 Å². The fraction of sp³-hybridized carbons (Fsp3) is 0.273. The van der Waals surface area contributed by atoms with Crippen molar-refractivity contribution in [3.63, 3.8) is 0 Å². The van der Waals surface area contributed by atoms with E-state index >= 15 is 0 Å². The Kier molecular flexibility index (Phi) is 6.62. The lowest BCUT2D eigenvalue weighted by Gasteiger charge is -2.12. The van der Waals surface area contributed by atoms with Crippen LogP contribution in [0.4, 0.5) is 0 Å². The fourth-order valence-corrected chi connectivity index (χ4v) is 3.02. The minimum Gasteiger partial charge on any atom is -0.492 e. The number of rotatable bonds is 8. The van der Waals surface area contributed by atoms with Crippen LogP contribution >= 0.6 is 0 Å². The van der Waals surface area contributed by atoms with E-state index in [4.69, 9.17) is 9.47 Å². The Morgan fingerprint density at radius 1 is 1.37 bits per heavy atom. The fourth-order valence-electron chi connectivity index (χ4n) is 3.02. The minimum atomic E-state index is -0.315. The molecule has 27 heavy (non-hydrogen) atoms. The normalized spacial score (nSPS) is 11.0. The van der Waals surface area contributed by atoms with Crippen LogP contribution in [0, 0.1) is 25.2 Å². The molecule has 0 aliphatic heterocycles. The summed E-state index contributed by atoms with van der Waals surface area (Å²) < 4.78 is 13.0. The van der Waals surface area contributed by atoms with E-state index < -0.39 is 0 Å². The molecular formula is C22H24N2O3. The van der Waals surface area contributed by atoms with Gasteiger partial charge in [0.05, 0.1) is 13.7 Å². The number of allylic oxidation sites excluding steroid dienone is 2. The highest BCUT2D eigenvalue weighted by atomic mass is 16.5. The second kappa shape index (κ2) is 8.91. The summed E-state index contributed by atoms with van der Waals surface area (Å²) in [6.07, 6.45) is 3.32. The number of nitriles is 1. The summed E-state index contributed by atoms with van der Waals surface area (Å²) in [6, 6.07) is 9.20. The molecule has 0 radical (unpaired) electrons. The Bertz CT molecular complexity index is 930. The SMILES string of the molecule is C=CCn1c(C)cc(C(=O)/C(C#N)=C/c2cccc(OCC)c2OC)c1C. The number of ketones is 1. The summed E-state index contributed by atoms with van der Waals surface area (Å²) in [5.74, 6) is 0.754. The first-order valence-electron chi connectivity index (χ1n) is 8.72. The molecule has 2 rings (SSSR count). The Morgan fingerprint density at radius 3 is 2.70 bits per heavy atom. The molecule has 0 fully saturated rings. The van der Waals surface area contributed by atoms with Gasteiger partial charge in [-0.25, -0.2) is 0 Å². The van der Waals surface area contributed by atoms with Crippen molar-refractivity contribution in [1.29, 1.82) is 5.26 Å². The third-order valence-corrected chi connectivity index (χ3v) is 4.31. The van der Waals surface area contributed by atoms with Crippen LogP contribution in [0.25, 0.3) is 6.08 Å². The molecule has 0 saturated heterocycles. The summed E-state index contributed by atoms with van der Waals surface area (Å²) >= 11 is 0. The molecule has 5 nitrogen and oxygen atoms in total. The van der Waals surface area contributed by atoms with Gasteiger partial charge < -0.3 is 14.0 Å². The molecule has 0 spiro atoms. The first-order chi connectivity index (χ1) is 13.0. The lowest BCUT2D eigenvalue weighted by atomic mass is 10.0. The smallest absolute Gasteiger partial charge is 0.205 e. The summed E-state index contributed by atoms with van der Waals surface area (Å²) in [4.78, 5) is 13.0. The van der Waals surface area contributed by atoms with E-state index in [1.54, 1.807) is 36.4 Å². The van der Waals surface area contributed by atoms with E-state index in [-0.39, 0.29) is 11.4 Å². The van der Waals surface area contributed by atoms with Gasteiger partial charge in [-0.05, 0) is 39.0 Å². The number of hydrogen-bond acceptors (Lipinski definition) is 4. The molecular weight excluding hydrogens is 340 g/mol. The first kappa shape index (κ1) is 20.1. The van der Waals surface area contributed by atoms with Gasteiger partial charge >= 0.3 is 0 Å². The lowest BCUT2D eigenvalue weighted by Crippen LogP contribution is -2.06. The molecule has 0 aliphatic carbocycles. The zero-order chi connectivity index (χ0) is 20.0. The number of benzene rings is 1. The number of carbonyl (C=O) groups is 1. The maximum absolute atomic E-state index is 13.0. The summed E-state index contributed by atoms with van der Waals surface area (Å²) in [7, 11) is 1.53. The molecule has 0 N–H and O–H groups in total. The van der Waals surface area contributed by atoms with Gasteiger partial charge in [0.25, 0.3) is 0 Å². The topological polar surface area (TPSA) is 64.2 Å². The third kappa shape index (κ3) is 4.12. The van der Waals surface area contributed by atoms with Crippen LogP contribution in [0.15, 0.2) is 42.5 Å². The zero-order valence-corrected chi connectivity index (χ0v) is 16.2. The van der Waals surface area contributed by atoms with Gasteiger partial charge in [-0.1, -0.05) is 18.2 Å². The Morgan fingerprint density at radius 2 is 2.11 bits per heavy atom. The number of nitrogens with zero attached hydrogens (tertiary/aromatic N) is 2. The van der Waals surface area contributed by atoms with Gasteiger partial charge in [0.1, 0.15) is 11.6 Å². The molecule has 0 saturated carbocycles. The zero-order valence-electron chi connectivity index (χ0n) is 16.2. The molecule has 0 atom stereocenters. The largest absolute Gasteiger partial charge is 0.492 e. The molecule has 2 aromatic rings. The maximum atomic E-state index is 13.0. The summed E-state index contributed by atoms with van der Waals surface area (Å²) in [5, 5.41) is 9.59. The number of para-hydroxylation sites is 1. The number of ether oxygens (including phenoxy) is 2. The summed E-state index contributed by atoms with van der Waals surface area (Å²) in [5.41, 5.74) is 2.94. The minimum absolute atomic E-state index is 0.0424. The van der Waals surface area contributed by atoms with Crippen molar-refractivity contribution in [2.45, 2.75) is 27.3 Å². The van der Waals surface area contributed by atoms with Gasteiger partial charge in [-0.2, -0.15) is 5.26 Å². The van der Waals surface area contributed by atoms with Crippen LogP contribution < -0.4 is 9.47 Å². The van der Waals surface area contributed by atoms with Crippen LogP contribution in [0.5, 0.6) is 11.5 Å². The van der Waals surface area contributed by atoms with E-state index in [0.717, 1.165) is 11.4 Å². The van der Waals surface area contributed by atoms with Gasteiger partial charge in [-0.15, -0.1) is 6.58 Å². The average molecular weight is 364 g/mol. The predicted octanol–water partition coefficient (Wildman–Crippen LogP) is 4.49. The van der Waals surface area contributed by atoms with Gasteiger partial charge in [0, 0.05) is 29.1 Å². The Balaban J connectivity index is 2.50. The second-order valence-corrected chi connectivity index (χ2v) is 5.99. The molecule has 0 bridgehead atoms. The number of methoxy groups -OCH3 is 1. The van der Waals surface area contributed by atoms with E-state index in [2.05, 4.69) is 6.58 Å². The standard InChI is InChI=1S/C22H24N2O3/c1-6-11-24-15(3)12-19(16(24)4)21(25)18(14-23)13-17-9-8-10-20(27-7-2)22(17)26-5/h6,8-10,12-13H,1,7,11H2,2-5H3/b18-13+. The second-order valence-electron chi connectivity index (χ2n) is 5.99. The average Bonchev–Trinajstić information content (AvgIpc) is 2.94. The molecule has 0 unspecified atom stereocenters. The van der Waals surface area contributed by atoms with Crippen molar-refractivity contribution in [3.8, 4) is 17.6 Å². The van der Waals surface area contributed by atoms with E-state index in [9.17, 15) is 10.1 Å². The van der Waals surface area contributed by atoms with Crippen molar-refractivity contribution < 1.29 is 14.3 Å². The molecule has 0 amide bonds. The number of carbonyl (C=O) groups excluding carboxylic acids is 1. The number of Topliss-reactive ketones (excluding diaryl/α,β-unsaturated/α-hetero) is 1. The van der Waals surface area contributed by atoms with Crippen molar-refractivity contribution >= 4 is 11.9 Å². The van der Waals surface area contributed by atoms with Gasteiger partial charge in [0.15, 0.2) is 11.5 Å². The van der Waals surface area contributed by atoms with Crippen LogP contribution in [0.3, 0.4) is 0 Å². The first-order valence-corrected chi connectivity index (χ1v) is 8.72. The highest BCUT2D eigenvalue weighted by molar-refractivity contribution is 6.15.